The van der Waals surface area contributed by atoms with Crippen LogP contribution in [0.25, 0.3) is 0 Å². The molecule has 0 aromatic rings. The molecule has 0 aromatic heterocycles. The van der Waals surface area contributed by atoms with Crippen molar-refractivity contribution >= 4 is 0 Å². The van der Waals surface area contributed by atoms with Crippen LogP contribution in [0, 0.1) is 0 Å². The van der Waals surface area contributed by atoms with E-state index in [1.807, 2.05) is 14.1 Å². The maximum atomic E-state index is 8.69. The van der Waals surface area contributed by atoms with Gasteiger partial charge in [0.25, 0.3) is 0 Å². The van der Waals surface area contributed by atoms with Crippen molar-refractivity contribution in [3.05, 3.63) is 0 Å². The highest BCUT2D eigenvalue weighted by atomic mass is 16.5. The molecule has 0 aliphatic heterocycles. The van der Waals surface area contributed by atoms with Crippen LogP contribution < -0.4 is 10.9 Å². The van der Waals surface area contributed by atoms with Crippen LogP contribution in [0.15, 0.2) is 0 Å². The van der Waals surface area contributed by atoms with Gasteiger partial charge >= 0.3 is 0 Å². The van der Waals surface area contributed by atoms with Gasteiger partial charge in [-0.1, -0.05) is 0 Å². The lowest BCUT2D eigenvalue weighted by molar-refractivity contribution is -0.0177. The van der Waals surface area contributed by atoms with Crippen molar-refractivity contribution in [2.24, 2.45) is 0 Å². The van der Waals surface area contributed by atoms with E-state index in [1.165, 1.54) is 0 Å². The lowest BCUT2D eigenvalue weighted by Crippen LogP contribution is -2.21. The maximum absolute atomic E-state index is 8.69. The minimum absolute atomic E-state index is 0.00667. The van der Waals surface area contributed by atoms with Gasteiger partial charge in [-0.3, -0.25) is 10.9 Å². The minimum Gasteiger partial charge on any atom is -0.394 e. The van der Waals surface area contributed by atoms with E-state index < -0.39 is 6.10 Å². The summed E-state index contributed by atoms with van der Waals surface area (Å²) < 4.78 is 4.95. The number of aliphatic hydroxyl groups is 2. The normalized spacial score (nSPS) is 14.3. The zero-order chi connectivity index (χ0) is 10.7. The molecule has 2 unspecified atom stereocenters. The van der Waals surface area contributed by atoms with Gasteiger partial charge in [-0.25, -0.2) is 0 Å². The fourth-order valence-electron chi connectivity index (χ4n) is 0.356. The Hall–Kier alpha value is -0.200. The van der Waals surface area contributed by atoms with Crippen LogP contribution in [-0.2, 0) is 4.74 Å². The van der Waals surface area contributed by atoms with Crippen LogP contribution in [0.1, 0.15) is 13.8 Å². The van der Waals surface area contributed by atoms with Crippen LogP contribution >= 0.6 is 0 Å². The third kappa shape index (κ3) is 18.6. The van der Waals surface area contributed by atoms with E-state index in [-0.39, 0.29) is 12.7 Å². The highest BCUT2D eigenvalue weighted by molar-refractivity contribution is 4.47. The number of hydrogen-bond acceptors (Lipinski definition) is 5. The molecule has 0 saturated heterocycles. The Bertz CT molecular complexity index is 89.5. The van der Waals surface area contributed by atoms with Gasteiger partial charge in [0, 0.05) is 0 Å². The summed E-state index contributed by atoms with van der Waals surface area (Å²) in [5, 5.41) is 17.1. The molecule has 13 heavy (non-hydrogen) atoms. The molecule has 0 heterocycles. The smallest absolute Gasteiger partial charge is 0.0779 e. The molecule has 0 amide bonds. The molecular formula is C8H22N2O3. The molecule has 5 nitrogen and oxygen atoms in total. The van der Waals surface area contributed by atoms with Gasteiger partial charge in [0.2, 0.25) is 0 Å². The van der Waals surface area contributed by atoms with Crippen LogP contribution in [0.5, 0.6) is 0 Å². The van der Waals surface area contributed by atoms with Gasteiger partial charge in [-0.15, -0.1) is 0 Å². The SMILES string of the molecule is CC(O)COC(C)CO.CNNC. The van der Waals surface area contributed by atoms with E-state index >= 15 is 0 Å². The fraction of sp³-hybridized carbons (Fsp3) is 1.00. The van der Waals surface area contributed by atoms with Gasteiger partial charge in [-0.05, 0) is 27.9 Å². The molecule has 0 radical (unpaired) electrons. The first kappa shape index (κ1) is 15.3. The Labute approximate surface area is 80.1 Å². The molecule has 0 bridgehead atoms. The number of hydrogen-bond donors (Lipinski definition) is 4. The average molecular weight is 194 g/mol. The van der Waals surface area contributed by atoms with E-state index in [0.29, 0.717) is 6.61 Å². The van der Waals surface area contributed by atoms with Gasteiger partial charge in [0.05, 0.1) is 25.4 Å². The molecule has 4 N–H and O–H groups in total. The van der Waals surface area contributed by atoms with Crippen LogP contribution in [-0.4, -0.2) is 49.7 Å². The lowest BCUT2D eigenvalue weighted by Gasteiger charge is -2.10. The van der Waals surface area contributed by atoms with Gasteiger partial charge < -0.3 is 14.9 Å². The van der Waals surface area contributed by atoms with Crippen molar-refractivity contribution in [3.63, 3.8) is 0 Å². The van der Waals surface area contributed by atoms with Crippen molar-refractivity contribution in [2.45, 2.75) is 26.1 Å². The summed E-state index contributed by atoms with van der Waals surface area (Å²) in [5.41, 5.74) is 5.36. The molecule has 0 aliphatic rings. The van der Waals surface area contributed by atoms with Crippen molar-refractivity contribution in [1.82, 2.24) is 10.9 Å². The average Bonchev–Trinajstić information content (AvgIpc) is 2.14. The molecule has 5 heteroatoms. The van der Waals surface area contributed by atoms with Crippen molar-refractivity contribution in [2.75, 3.05) is 27.3 Å². The number of nitrogens with one attached hydrogen (secondary N) is 2. The lowest BCUT2D eigenvalue weighted by atomic mass is 10.4. The van der Waals surface area contributed by atoms with E-state index in [9.17, 15) is 0 Å². The number of ether oxygens (including phenoxy) is 1. The molecule has 82 valence electrons. The monoisotopic (exact) mass is 194 g/mol. The molecule has 0 fully saturated rings. The molecule has 0 spiro atoms. The Balaban J connectivity index is 0. The first-order valence-electron chi connectivity index (χ1n) is 4.32. The molecular weight excluding hydrogens is 172 g/mol. The fourth-order valence-corrected chi connectivity index (χ4v) is 0.356. The summed E-state index contributed by atoms with van der Waals surface area (Å²) in [5.74, 6) is 0. The van der Waals surface area contributed by atoms with Gasteiger partial charge in [0.1, 0.15) is 0 Å². The second-order valence-electron chi connectivity index (χ2n) is 2.68. The number of rotatable bonds is 5. The van der Waals surface area contributed by atoms with E-state index in [1.54, 1.807) is 13.8 Å². The highest BCUT2D eigenvalue weighted by Crippen LogP contribution is 1.90. The zero-order valence-electron chi connectivity index (χ0n) is 8.87. The third-order valence-electron chi connectivity index (χ3n) is 1.13. The summed E-state index contributed by atoms with van der Waals surface area (Å²) in [6, 6.07) is 0. The Morgan fingerprint density at radius 1 is 1.23 bits per heavy atom. The number of aliphatic hydroxyl groups excluding tert-OH is 2. The van der Waals surface area contributed by atoms with E-state index in [4.69, 9.17) is 14.9 Å². The maximum Gasteiger partial charge on any atom is 0.0779 e. The molecule has 0 rings (SSSR count). The summed E-state index contributed by atoms with van der Waals surface area (Å²) in [4.78, 5) is 0. The second kappa shape index (κ2) is 11.8. The van der Waals surface area contributed by atoms with Gasteiger partial charge in [-0.2, -0.15) is 0 Å². The van der Waals surface area contributed by atoms with E-state index in [0.717, 1.165) is 0 Å². The first-order valence-corrected chi connectivity index (χ1v) is 4.32. The summed E-state index contributed by atoms with van der Waals surface area (Å²) in [6.07, 6.45) is -0.612. The van der Waals surface area contributed by atoms with Crippen molar-refractivity contribution in [3.8, 4) is 0 Å². The quantitative estimate of drug-likeness (QED) is 0.427. The second-order valence-corrected chi connectivity index (χ2v) is 2.68. The topological polar surface area (TPSA) is 73.8 Å². The predicted molar refractivity (Wildman–Crippen MR) is 52.3 cm³/mol. The zero-order valence-corrected chi connectivity index (χ0v) is 8.87. The van der Waals surface area contributed by atoms with Crippen LogP contribution in [0.4, 0.5) is 0 Å². The van der Waals surface area contributed by atoms with Crippen molar-refractivity contribution < 1.29 is 14.9 Å². The highest BCUT2D eigenvalue weighted by Gasteiger charge is 2.00. The van der Waals surface area contributed by atoms with Crippen LogP contribution in [0.2, 0.25) is 0 Å². The van der Waals surface area contributed by atoms with E-state index in [2.05, 4.69) is 10.9 Å². The molecule has 0 aliphatic carbocycles. The molecule has 0 aromatic carbocycles. The summed E-state index contributed by atoms with van der Waals surface area (Å²) in [7, 11) is 3.64. The van der Waals surface area contributed by atoms with Crippen LogP contribution in [0.3, 0.4) is 0 Å². The first-order chi connectivity index (χ1) is 6.08. The predicted octanol–water partition coefficient (Wildman–Crippen LogP) is -0.895. The summed E-state index contributed by atoms with van der Waals surface area (Å²) >= 11 is 0. The number of hydrazine groups is 1. The van der Waals surface area contributed by atoms with Crippen molar-refractivity contribution in [1.29, 1.82) is 0 Å². The molecule has 2 atom stereocenters. The standard InChI is InChI=1S/C6H14O3.C2H8N2/c1-5(8)4-9-6(2)3-7;1-3-4-2/h5-8H,3-4H2,1-2H3;3-4H,1-2H3. The van der Waals surface area contributed by atoms with Gasteiger partial charge in [0.15, 0.2) is 0 Å². The Morgan fingerprint density at radius 3 is 1.92 bits per heavy atom. The Kier molecular flexibility index (Phi) is 13.9. The minimum atomic E-state index is -0.445. The third-order valence-corrected chi connectivity index (χ3v) is 1.13. The summed E-state index contributed by atoms with van der Waals surface area (Å²) in [6.45, 7) is 3.70. The largest absolute Gasteiger partial charge is 0.394 e. The Morgan fingerprint density at radius 2 is 1.69 bits per heavy atom. The molecule has 0 saturated carbocycles.